The molecule has 1 N–H and O–H groups in total. The molecule has 0 aliphatic rings. The first kappa shape index (κ1) is 20.6. The molecule has 0 saturated heterocycles. The number of hydrogen-bond donors (Lipinski definition) is 1. The maximum absolute atomic E-state index is 11.2. The number of anilines is 1. The molecule has 13 heteroatoms. The Labute approximate surface area is 175 Å². The van der Waals surface area contributed by atoms with Crippen LogP contribution in [0.3, 0.4) is 0 Å². The monoisotopic (exact) mass is 475 g/mol. The Balaban J connectivity index is 1.82. The van der Waals surface area contributed by atoms with Crippen molar-refractivity contribution in [3.05, 3.63) is 89.1 Å². The molecule has 1 aromatic heterocycles. The zero-order chi connectivity index (χ0) is 21.8. The Bertz CT molecular complexity index is 1190. The average molecular weight is 476 g/mol. The van der Waals surface area contributed by atoms with Gasteiger partial charge in [-0.1, -0.05) is 15.9 Å². The predicted octanol–water partition coefficient (Wildman–Crippen LogP) is 4.88. The molecule has 0 atom stereocenters. The number of hydrazone groups is 1. The van der Waals surface area contributed by atoms with E-state index in [1.54, 1.807) is 6.07 Å². The Hall–Kier alpha value is -4.13. The summed E-state index contributed by atoms with van der Waals surface area (Å²) in [5.74, 6) is 0.455. The summed E-state index contributed by atoms with van der Waals surface area (Å²) in [6.07, 6.45) is 1.21. The van der Waals surface area contributed by atoms with E-state index in [0.717, 1.165) is 18.2 Å². The van der Waals surface area contributed by atoms with Crippen LogP contribution in [0.15, 0.2) is 62.5 Å². The normalized spacial score (nSPS) is 10.8. The van der Waals surface area contributed by atoms with E-state index in [0.29, 0.717) is 4.47 Å². The van der Waals surface area contributed by atoms with E-state index in [2.05, 4.69) is 26.5 Å². The Kier molecular flexibility index (Phi) is 5.83. The van der Waals surface area contributed by atoms with Crippen molar-refractivity contribution in [1.82, 2.24) is 0 Å². The highest BCUT2D eigenvalue weighted by Gasteiger charge is 2.20. The topological polar surface area (TPSA) is 167 Å². The Morgan fingerprint density at radius 2 is 1.63 bits per heavy atom. The summed E-state index contributed by atoms with van der Waals surface area (Å²) in [5.41, 5.74) is 1.53. The van der Waals surface area contributed by atoms with Crippen molar-refractivity contribution in [2.75, 3.05) is 5.43 Å². The molecule has 0 saturated carbocycles. The summed E-state index contributed by atoms with van der Waals surface area (Å²) >= 11 is 3.18. The van der Waals surface area contributed by atoms with Crippen molar-refractivity contribution in [2.45, 2.75) is 0 Å². The molecular formula is C17H10BrN5O7. The number of nitrogens with one attached hydrogen (secondary N) is 1. The van der Waals surface area contributed by atoms with Gasteiger partial charge in [-0.15, -0.1) is 0 Å². The van der Waals surface area contributed by atoms with Gasteiger partial charge >= 0.3 is 5.69 Å². The number of rotatable bonds is 7. The lowest BCUT2D eigenvalue weighted by Crippen LogP contribution is -1.98. The molecule has 0 spiro atoms. The molecule has 30 heavy (non-hydrogen) atoms. The third-order valence-electron chi connectivity index (χ3n) is 3.81. The van der Waals surface area contributed by atoms with Gasteiger partial charge in [0, 0.05) is 16.6 Å². The van der Waals surface area contributed by atoms with Crippen molar-refractivity contribution in [2.24, 2.45) is 5.10 Å². The summed E-state index contributed by atoms with van der Waals surface area (Å²) in [6, 6.07) is 10.6. The van der Waals surface area contributed by atoms with Crippen LogP contribution in [0.1, 0.15) is 5.76 Å². The molecule has 1 heterocycles. The second kappa shape index (κ2) is 8.48. The van der Waals surface area contributed by atoms with Crippen LogP contribution in [0.5, 0.6) is 0 Å². The maximum atomic E-state index is 11.2. The molecule has 0 aliphatic carbocycles. The van der Waals surface area contributed by atoms with Gasteiger partial charge in [-0.25, -0.2) is 0 Å². The second-order valence-corrected chi connectivity index (χ2v) is 6.62. The molecule has 0 radical (unpaired) electrons. The summed E-state index contributed by atoms with van der Waals surface area (Å²) in [7, 11) is 0. The van der Waals surface area contributed by atoms with Crippen molar-refractivity contribution in [3.8, 4) is 11.3 Å². The van der Waals surface area contributed by atoms with Gasteiger partial charge in [0.2, 0.25) is 0 Å². The molecule has 0 amide bonds. The number of benzene rings is 2. The van der Waals surface area contributed by atoms with Crippen molar-refractivity contribution < 1.29 is 19.2 Å². The first-order valence-electron chi connectivity index (χ1n) is 8.02. The standard InChI is InChI=1S/C17H10BrN5O7/c18-10-1-4-13(15(7-10)22(26)27)17-6-3-12(30-17)9-19-20-14-5-2-11(21(24)25)8-16(14)23(28)29/h1-9,20H/b19-9-. The van der Waals surface area contributed by atoms with E-state index in [1.165, 1.54) is 30.5 Å². The van der Waals surface area contributed by atoms with Gasteiger partial charge in [0.1, 0.15) is 17.2 Å². The van der Waals surface area contributed by atoms with E-state index in [1.807, 2.05) is 0 Å². The number of halogens is 1. The van der Waals surface area contributed by atoms with Crippen LogP contribution in [-0.2, 0) is 0 Å². The van der Waals surface area contributed by atoms with Gasteiger partial charge in [0.05, 0.1) is 32.6 Å². The zero-order valence-electron chi connectivity index (χ0n) is 14.7. The van der Waals surface area contributed by atoms with Crippen LogP contribution in [0, 0.1) is 30.3 Å². The lowest BCUT2D eigenvalue weighted by atomic mass is 10.1. The van der Waals surface area contributed by atoms with Gasteiger partial charge in [-0.05, 0) is 30.3 Å². The summed E-state index contributed by atoms with van der Waals surface area (Å²) < 4.78 is 6.08. The van der Waals surface area contributed by atoms with E-state index >= 15 is 0 Å². The fraction of sp³-hybridized carbons (Fsp3) is 0. The maximum Gasteiger partial charge on any atom is 0.301 e. The molecule has 0 bridgehead atoms. The average Bonchev–Trinajstić information content (AvgIpc) is 3.16. The van der Waals surface area contributed by atoms with Crippen LogP contribution < -0.4 is 5.43 Å². The largest absolute Gasteiger partial charge is 0.455 e. The first-order valence-corrected chi connectivity index (χ1v) is 8.81. The summed E-state index contributed by atoms with van der Waals surface area (Å²) in [5, 5.41) is 37.0. The van der Waals surface area contributed by atoms with E-state index in [9.17, 15) is 30.3 Å². The molecule has 3 aromatic rings. The van der Waals surface area contributed by atoms with Gasteiger partial charge in [-0.3, -0.25) is 35.8 Å². The Morgan fingerprint density at radius 3 is 2.30 bits per heavy atom. The van der Waals surface area contributed by atoms with E-state index in [-0.39, 0.29) is 28.5 Å². The van der Waals surface area contributed by atoms with E-state index < -0.39 is 26.1 Å². The lowest BCUT2D eigenvalue weighted by molar-refractivity contribution is -0.393. The van der Waals surface area contributed by atoms with Crippen molar-refractivity contribution in [3.63, 3.8) is 0 Å². The lowest BCUT2D eigenvalue weighted by Gasteiger charge is -2.01. The van der Waals surface area contributed by atoms with E-state index in [4.69, 9.17) is 4.42 Å². The van der Waals surface area contributed by atoms with Gasteiger partial charge in [-0.2, -0.15) is 5.10 Å². The second-order valence-electron chi connectivity index (χ2n) is 5.71. The fourth-order valence-electron chi connectivity index (χ4n) is 2.48. The predicted molar refractivity (Wildman–Crippen MR) is 109 cm³/mol. The first-order chi connectivity index (χ1) is 14.3. The minimum absolute atomic E-state index is 0.0582. The number of nitrogens with zero attached hydrogens (tertiary/aromatic N) is 4. The molecule has 152 valence electrons. The van der Waals surface area contributed by atoms with Crippen molar-refractivity contribution in [1.29, 1.82) is 0 Å². The number of hydrogen-bond acceptors (Lipinski definition) is 9. The minimum atomic E-state index is -0.775. The molecule has 0 fully saturated rings. The van der Waals surface area contributed by atoms with Crippen molar-refractivity contribution >= 4 is 44.9 Å². The van der Waals surface area contributed by atoms with Crippen LogP contribution in [0.4, 0.5) is 22.7 Å². The number of furan rings is 1. The SMILES string of the molecule is O=[N+]([O-])c1ccc(N/N=C\c2ccc(-c3ccc(Br)cc3[N+](=O)[O-])o2)c([N+](=O)[O-])c1. The molecule has 0 unspecified atom stereocenters. The molecule has 12 nitrogen and oxygen atoms in total. The molecule has 3 rings (SSSR count). The number of nitro benzene ring substituents is 3. The summed E-state index contributed by atoms with van der Waals surface area (Å²) in [4.78, 5) is 31.1. The highest BCUT2D eigenvalue weighted by atomic mass is 79.9. The van der Waals surface area contributed by atoms with Crippen LogP contribution in [0.2, 0.25) is 0 Å². The Morgan fingerprint density at radius 1 is 0.900 bits per heavy atom. The highest BCUT2D eigenvalue weighted by molar-refractivity contribution is 9.10. The summed E-state index contributed by atoms with van der Waals surface area (Å²) in [6.45, 7) is 0. The highest BCUT2D eigenvalue weighted by Crippen LogP contribution is 2.33. The quantitative estimate of drug-likeness (QED) is 0.286. The van der Waals surface area contributed by atoms with Gasteiger partial charge in [0.15, 0.2) is 0 Å². The molecule has 2 aromatic carbocycles. The minimum Gasteiger partial charge on any atom is -0.455 e. The van der Waals surface area contributed by atoms with Crippen LogP contribution >= 0.6 is 15.9 Å². The fourth-order valence-corrected chi connectivity index (χ4v) is 2.82. The third kappa shape index (κ3) is 4.47. The number of non-ortho nitro benzene ring substituents is 1. The van der Waals surface area contributed by atoms with Crippen LogP contribution in [0.25, 0.3) is 11.3 Å². The number of nitro groups is 3. The smallest absolute Gasteiger partial charge is 0.301 e. The zero-order valence-corrected chi connectivity index (χ0v) is 16.3. The van der Waals surface area contributed by atoms with Gasteiger partial charge < -0.3 is 4.42 Å². The molecule has 0 aliphatic heterocycles. The third-order valence-corrected chi connectivity index (χ3v) is 4.31. The van der Waals surface area contributed by atoms with Crippen LogP contribution in [-0.4, -0.2) is 21.0 Å². The molecular weight excluding hydrogens is 466 g/mol. The van der Waals surface area contributed by atoms with Gasteiger partial charge in [0.25, 0.3) is 11.4 Å².